The third-order valence-corrected chi connectivity index (χ3v) is 4.88. The number of rotatable bonds is 6. The maximum atomic E-state index is 12.2. The Morgan fingerprint density at radius 1 is 1.37 bits per heavy atom. The Bertz CT molecular complexity index is 400. The van der Waals surface area contributed by atoms with Crippen LogP contribution in [0.25, 0.3) is 0 Å². The van der Waals surface area contributed by atoms with Crippen molar-refractivity contribution in [2.24, 2.45) is 0 Å². The highest BCUT2D eigenvalue weighted by Gasteiger charge is 2.29. The van der Waals surface area contributed by atoms with E-state index < -0.39 is 11.4 Å². The number of allylic oxidation sites excluding steroid dienone is 1. The molecule has 0 heterocycles. The van der Waals surface area contributed by atoms with E-state index in [2.05, 4.69) is 39.4 Å². The first kappa shape index (κ1) is 16.8. The van der Waals surface area contributed by atoms with Gasteiger partial charge in [0.05, 0.1) is 6.04 Å². The SMILES string of the molecule is C=CCC[C@H](N[S+]([O-])C(C)(C)C)c1ccc(Br)cc1. The molecule has 19 heavy (non-hydrogen) atoms. The highest BCUT2D eigenvalue weighted by Crippen LogP contribution is 2.25. The van der Waals surface area contributed by atoms with Crippen molar-refractivity contribution >= 4 is 27.3 Å². The zero-order valence-corrected chi connectivity index (χ0v) is 14.2. The second-order valence-electron chi connectivity index (χ2n) is 5.47. The topological polar surface area (TPSA) is 35.1 Å². The average molecular weight is 344 g/mol. The molecule has 2 atom stereocenters. The third-order valence-electron chi connectivity index (χ3n) is 2.74. The molecule has 0 bridgehead atoms. The Morgan fingerprint density at radius 3 is 2.42 bits per heavy atom. The molecule has 0 aliphatic heterocycles. The van der Waals surface area contributed by atoms with Gasteiger partial charge in [0.2, 0.25) is 0 Å². The standard InChI is InChI=1S/C15H22BrNOS/c1-5-6-7-14(17-19(18)15(2,3)4)12-8-10-13(16)11-9-12/h5,8-11,14,17H,1,6-7H2,2-4H3/t14-,19?/m0/s1. The molecule has 0 amide bonds. The van der Waals surface area contributed by atoms with Crippen LogP contribution >= 0.6 is 15.9 Å². The van der Waals surface area contributed by atoms with Crippen molar-refractivity contribution < 1.29 is 4.55 Å². The lowest BCUT2D eigenvalue weighted by molar-refractivity contribution is 0.513. The average Bonchev–Trinajstić information content (AvgIpc) is 2.34. The van der Waals surface area contributed by atoms with Crippen LogP contribution < -0.4 is 4.72 Å². The molecule has 1 aromatic rings. The van der Waals surface area contributed by atoms with Crippen LogP contribution in [0, 0.1) is 0 Å². The lowest BCUT2D eigenvalue weighted by atomic mass is 10.0. The predicted octanol–water partition coefficient (Wildman–Crippen LogP) is 4.51. The van der Waals surface area contributed by atoms with Crippen molar-refractivity contribution in [3.63, 3.8) is 0 Å². The van der Waals surface area contributed by atoms with Gasteiger partial charge in [-0.05, 0) is 51.3 Å². The minimum Gasteiger partial charge on any atom is -0.598 e. The molecule has 1 N–H and O–H groups in total. The van der Waals surface area contributed by atoms with Crippen LogP contribution in [0.2, 0.25) is 0 Å². The van der Waals surface area contributed by atoms with Gasteiger partial charge in [0.1, 0.15) is 4.75 Å². The number of benzene rings is 1. The maximum Gasteiger partial charge on any atom is 0.136 e. The quantitative estimate of drug-likeness (QED) is 0.609. The zero-order chi connectivity index (χ0) is 14.5. The van der Waals surface area contributed by atoms with E-state index >= 15 is 0 Å². The van der Waals surface area contributed by atoms with Crippen LogP contribution in [0.1, 0.15) is 45.2 Å². The Hall–Kier alpha value is -0.290. The summed E-state index contributed by atoms with van der Waals surface area (Å²) >= 11 is 2.36. The second-order valence-corrected chi connectivity index (χ2v) is 8.38. The van der Waals surface area contributed by atoms with Gasteiger partial charge >= 0.3 is 0 Å². The summed E-state index contributed by atoms with van der Waals surface area (Å²) in [5.41, 5.74) is 1.16. The van der Waals surface area contributed by atoms with Gasteiger partial charge in [0.25, 0.3) is 0 Å². The van der Waals surface area contributed by atoms with Crippen LogP contribution in [-0.2, 0) is 11.4 Å². The molecular formula is C15H22BrNOS. The van der Waals surface area contributed by atoms with Gasteiger partial charge in [-0.2, -0.15) is 0 Å². The lowest BCUT2D eigenvalue weighted by Crippen LogP contribution is -2.41. The van der Waals surface area contributed by atoms with Crippen LogP contribution in [0.5, 0.6) is 0 Å². The number of hydrogen-bond donors (Lipinski definition) is 1. The first-order valence-corrected chi connectivity index (χ1v) is 8.33. The van der Waals surface area contributed by atoms with Crippen molar-refractivity contribution in [3.8, 4) is 0 Å². The molecule has 1 rings (SSSR count). The zero-order valence-electron chi connectivity index (χ0n) is 11.8. The summed E-state index contributed by atoms with van der Waals surface area (Å²) in [4.78, 5) is 0. The van der Waals surface area contributed by atoms with E-state index in [4.69, 9.17) is 0 Å². The highest BCUT2D eigenvalue weighted by molar-refractivity contribution is 9.10. The molecule has 0 saturated heterocycles. The molecule has 1 aromatic carbocycles. The minimum atomic E-state index is -1.07. The van der Waals surface area contributed by atoms with E-state index in [0.717, 1.165) is 22.9 Å². The smallest absolute Gasteiger partial charge is 0.136 e. The van der Waals surface area contributed by atoms with E-state index in [1.165, 1.54) is 0 Å². The number of nitrogens with one attached hydrogen (secondary N) is 1. The molecule has 0 fully saturated rings. The van der Waals surface area contributed by atoms with E-state index in [1.807, 2.05) is 39.0 Å². The van der Waals surface area contributed by atoms with Gasteiger partial charge in [-0.15, -0.1) is 11.3 Å². The van der Waals surface area contributed by atoms with Gasteiger partial charge in [-0.3, -0.25) is 0 Å². The normalized spacial score (nSPS) is 15.0. The van der Waals surface area contributed by atoms with Gasteiger partial charge < -0.3 is 4.55 Å². The van der Waals surface area contributed by atoms with Crippen molar-refractivity contribution in [2.75, 3.05) is 0 Å². The first-order valence-electron chi connectivity index (χ1n) is 6.39. The fourth-order valence-corrected chi connectivity index (χ4v) is 2.71. The molecular weight excluding hydrogens is 322 g/mol. The molecule has 0 saturated carbocycles. The molecule has 0 radical (unpaired) electrons. The van der Waals surface area contributed by atoms with Gasteiger partial charge in [0.15, 0.2) is 0 Å². The van der Waals surface area contributed by atoms with Crippen molar-refractivity contribution in [3.05, 3.63) is 47.0 Å². The molecule has 0 aromatic heterocycles. The molecule has 0 aliphatic carbocycles. The van der Waals surface area contributed by atoms with Gasteiger partial charge in [-0.25, -0.2) is 0 Å². The van der Waals surface area contributed by atoms with Gasteiger partial charge in [0, 0.05) is 15.8 Å². The predicted molar refractivity (Wildman–Crippen MR) is 87.3 cm³/mol. The number of hydrogen-bond acceptors (Lipinski definition) is 2. The van der Waals surface area contributed by atoms with E-state index in [1.54, 1.807) is 0 Å². The van der Waals surface area contributed by atoms with E-state index in [-0.39, 0.29) is 10.8 Å². The summed E-state index contributed by atoms with van der Waals surface area (Å²) in [6, 6.07) is 8.23. The molecule has 2 nitrogen and oxygen atoms in total. The summed E-state index contributed by atoms with van der Waals surface area (Å²) in [6.45, 7) is 9.68. The Kier molecular flexibility index (Phi) is 6.60. The van der Waals surface area contributed by atoms with Crippen LogP contribution in [-0.4, -0.2) is 9.30 Å². The van der Waals surface area contributed by atoms with Crippen LogP contribution in [0.3, 0.4) is 0 Å². The summed E-state index contributed by atoms with van der Waals surface area (Å²) in [5.74, 6) is 0. The molecule has 0 spiro atoms. The van der Waals surface area contributed by atoms with Crippen LogP contribution in [0.4, 0.5) is 0 Å². The van der Waals surface area contributed by atoms with Crippen molar-refractivity contribution in [1.29, 1.82) is 0 Å². The highest BCUT2D eigenvalue weighted by atomic mass is 79.9. The lowest BCUT2D eigenvalue weighted by Gasteiger charge is -2.28. The fourth-order valence-electron chi connectivity index (χ4n) is 1.58. The summed E-state index contributed by atoms with van der Waals surface area (Å²) < 4.78 is 16.3. The molecule has 106 valence electrons. The summed E-state index contributed by atoms with van der Waals surface area (Å²) in [5, 5.41) is 0. The summed E-state index contributed by atoms with van der Waals surface area (Å²) in [6.07, 6.45) is 3.69. The molecule has 4 heteroatoms. The molecule has 1 unspecified atom stereocenters. The fraction of sp³-hybridized carbons (Fsp3) is 0.467. The van der Waals surface area contributed by atoms with Crippen molar-refractivity contribution in [2.45, 2.75) is 44.4 Å². The van der Waals surface area contributed by atoms with Crippen molar-refractivity contribution in [1.82, 2.24) is 4.72 Å². The maximum absolute atomic E-state index is 12.2. The largest absolute Gasteiger partial charge is 0.598 e. The minimum absolute atomic E-state index is 0.0890. The monoisotopic (exact) mass is 343 g/mol. The van der Waals surface area contributed by atoms with E-state index in [9.17, 15) is 4.55 Å². The Morgan fingerprint density at radius 2 is 1.95 bits per heavy atom. The van der Waals surface area contributed by atoms with Crippen LogP contribution in [0.15, 0.2) is 41.4 Å². The third kappa shape index (κ3) is 5.69. The Labute approximate surface area is 128 Å². The Balaban J connectivity index is 2.82. The summed E-state index contributed by atoms with van der Waals surface area (Å²) in [7, 11) is 0. The second kappa shape index (κ2) is 7.48. The first-order chi connectivity index (χ1) is 8.84. The van der Waals surface area contributed by atoms with E-state index in [0.29, 0.717) is 0 Å². The number of halogens is 1. The van der Waals surface area contributed by atoms with Gasteiger partial charge in [-0.1, -0.05) is 34.1 Å². The molecule has 0 aliphatic rings.